The van der Waals surface area contributed by atoms with Gasteiger partial charge in [0.15, 0.2) is 0 Å². The van der Waals surface area contributed by atoms with Gasteiger partial charge in [-0.3, -0.25) is 4.79 Å². The summed E-state index contributed by atoms with van der Waals surface area (Å²) in [6.45, 7) is 7.03. The van der Waals surface area contributed by atoms with Crippen LogP contribution in [0.1, 0.15) is 55.3 Å². The molecule has 116 valence electrons. The molecular formula is C18H28N2O. The fourth-order valence-corrected chi connectivity index (χ4v) is 3.38. The number of amides is 1. The Labute approximate surface area is 128 Å². The second-order valence-electron chi connectivity index (χ2n) is 6.54. The quantitative estimate of drug-likeness (QED) is 0.893. The van der Waals surface area contributed by atoms with Crippen molar-refractivity contribution in [1.29, 1.82) is 0 Å². The minimum atomic E-state index is 0.0744. The van der Waals surface area contributed by atoms with Crippen LogP contribution in [0.15, 0.2) is 18.2 Å². The van der Waals surface area contributed by atoms with Crippen molar-refractivity contribution in [2.45, 2.75) is 52.5 Å². The van der Waals surface area contributed by atoms with Crippen LogP contribution in [-0.2, 0) is 4.79 Å². The predicted molar refractivity (Wildman–Crippen MR) is 87.0 cm³/mol. The van der Waals surface area contributed by atoms with Gasteiger partial charge in [0.2, 0.25) is 5.91 Å². The fourth-order valence-electron chi connectivity index (χ4n) is 3.38. The average molecular weight is 288 g/mol. The van der Waals surface area contributed by atoms with Crippen molar-refractivity contribution < 1.29 is 4.79 Å². The summed E-state index contributed by atoms with van der Waals surface area (Å²) in [6.07, 6.45) is 4.14. The molecular weight excluding hydrogens is 260 g/mol. The highest BCUT2D eigenvalue weighted by atomic mass is 16.1. The molecule has 1 aromatic rings. The highest BCUT2D eigenvalue weighted by molar-refractivity contribution is 5.79. The molecule has 1 unspecified atom stereocenters. The van der Waals surface area contributed by atoms with Crippen molar-refractivity contribution in [3.05, 3.63) is 34.9 Å². The molecule has 1 amide bonds. The molecule has 3 heteroatoms. The lowest BCUT2D eigenvalue weighted by atomic mass is 9.81. The number of benzene rings is 1. The largest absolute Gasteiger partial charge is 0.349 e. The van der Waals surface area contributed by atoms with Gasteiger partial charge in [-0.2, -0.15) is 0 Å². The van der Waals surface area contributed by atoms with Gasteiger partial charge in [0.1, 0.15) is 0 Å². The Hall–Kier alpha value is -1.35. The van der Waals surface area contributed by atoms with Gasteiger partial charge >= 0.3 is 0 Å². The van der Waals surface area contributed by atoms with Crippen LogP contribution in [0.25, 0.3) is 0 Å². The summed E-state index contributed by atoms with van der Waals surface area (Å²) in [5, 5.41) is 3.19. The summed E-state index contributed by atoms with van der Waals surface area (Å²) >= 11 is 0. The Morgan fingerprint density at radius 1 is 1.29 bits per heavy atom. The van der Waals surface area contributed by atoms with Crippen molar-refractivity contribution >= 4 is 5.91 Å². The van der Waals surface area contributed by atoms with Gasteiger partial charge < -0.3 is 11.1 Å². The number of hydrogen-bond acceptors (Lipinski definition) is 2. The molecule has 2 rings (SSSR count). The number of rotatable bonds is 4. The van der Waals surface area contributed by atoms with E-state index in [4.69, 9.17) is 5.73 Å². The van der Waals surface area contributed by atoms with E-state index in [1.165, 1.54) is 16.7 Å². The second kappa shape index (κ2) is 7.08. The lowest BCUT2D eigenvalue weighted by Crippen LogP contribution is -2.35. The van der Waals surface area contributed by atoms with Gasteiger partial charge in [-0.05, 0) is 70.0 Å². The van der Waals surface area contributed by atoms with E-state index < -0.39 is 0 Å². The Balaban J connectivity index is 1.93. The summed E-state index contributed by atoms with van der Waals surface area (Å²) < 4.78 is 0. The maximum Gasteiger partial charge on any atom is 0.223 e. The molecule has 21 heavy (non-hydrogen) atoms. The van der Waals surface area contributed by atoms with Gasteiger partial charge in [-0.15, -0.1) is 0 Å². The smallest absolute Gasteiger partial charge is 0.223 e. The molecule has 1 saturated carbocycles. The SMILES string of the molecule is Cc1ccc(C(C)NC(=O)C2CCC(CN)CC2)c(C)c1. The minimum Gasteiger partial charge on any atom is -0.349 e. The number of nitrogens with two attached hydrogens (primary N) is 1. The van der Waals surface area contributed by atoms with E-state index in [9.17, 15) is 4.79 Å². The normalized spacial score (nSPS) is 23.6. The van der Waals surface area contributed by atoms with Crippen LogP contribution in [0.4, 0.5) is 0 Å². The number of aryl methyl sites for hydroxylation is 2. The van der Waals surface area contributed by atoms with Crippen molar-refractivity contribution in [2.24, 2.45) is 17.6 Å². The zero-order valence-electron chi connectivity index (χ0n) is 13.5. The van der Waals surface area contributed by atoms with E-state index >= 15 is 0 Å². The van der Waals surface area contributed by atoms with E-state index in [0.717, 1.165) is 32.2 Å². The maximum absolute atomic E-state index is 12.4. The fraction of sp³-hybridized carbons (Fsp3) is 0.611. The summed E-state index contributed by atoms with van der Waals surface area (Å²) in [7, 11) is 0. The number of nitrogens with one attached hydrogen (secondary N) is 1. The van der Waals surface area contributed by atoms with Gasteiger partial charge in [0, 0.05) is 5.92 Å². The van der Waals surface area contributed by atoms with Crippen molar-refractivity contribution in [3.8, 4) is 0 Å². The third kappa shape index (κ3) is 4.07. The first-order valence-corrected chi connectivity index (χ1v) is 8.09. The highest BCUT2D eigenvalue weighted by Crippen LogP contribution is 2.29. The monoisotopic (exact) mass is 288 g/mol. The molecule has 0 radical (unpaired) electrons. The molecule has 0 aliphatic heterocycles. The van der Waals surface area contributed by atoms with E-state index in [0.29, 0.717) is 5.92 Å². The van der Waals surface area contributed by atoms with Gasteiger partial charge in [0.05, 0.1) is 6.04 Å². The zero-order chi connectivity index (χ0) is 15.4. The van der Waals surface area contributed by atoms with Gasteiger partial charge in [0.25, 0.3) is 0 Å². The number of hydrogen-bond donors (Lipinski definition) is 2. The van der Waals surface area contributed by atoms with Crippen LogP contribution in [0, 0.1) is 25.7 Å². The summed E-state index contributed by atoms with van der Waals surface area (Å²) in [6, 6.07) is 6.48. The first-order chi connectivity index (χ1) is 10.0. The van der Waals surface area contributed by atoms with Crippen LogP contribution in [0.2, 0.25) is 0 Å². The predicted octanol–water partition coefficient (Wildman–Crippen LogP) is 3.25. The molecule has 3 nitrogen and oxygen atoms in total. The Morgan fingerprint density at radius 2 is 1.95 bits per heavy atom. The topological polar surface area (TPSA) is 55.1 Å². The first kappa shape index (κ1) is 16.0. The molecule has 0 heterocycles. The van der Waals surface area contributed by atoms with Crippen LogP contribution >= 0.6 is 0 Å². The molecule has 1 aliphatic rings. The first-order valence-electron chi connectivity index (χ1n) is 8.09. The Bertz CT molecular complexity index is 490. The van der Waals surface area contributed by atoms with Crippen LogP contribution in [0.5, 0.6) is 0 Å². The second-order valence-corrected chi connectivity index (χ2v) is 6.54. The minimum absolute atomic E-state index is 0.0744. The lowest BCUT2D eigenvalue weighted by molar-refractivity contribution is -0.126. The molecule has 0 bridgehead atoms. The summed E-state index contributed by atoms with van der Waals surface area (Å²) in [4.78, 5) is 12.4. The van der Waals surface area contributed by atoms with E-state index in [-0.39, 0.29) is 17.9 Å². The Kier molecular flexibility index (Phi) is 5.40. The summed E-state index contributed by atoms with van der Waals surface area (Å²) in [5.41, 5.74) is 9.43. The van der Waals surface area contributed by atoms with E-state index in [2.05, 4.69) is 44.3 Å². The molecule has 0 aromatic heterocycles. The van der Waals surface area contributed by atoms with E-state index in [1.54, 1.807) is 0 Å². The lowest BCUT2D eigenvalue weighted by Gasteiger charge is -2.28. The number of carbonyl (C=O) groups excluding carboxylic acids is 1. The molecule has 0 saturated heterocycles. The van der Waals surface area contributed by atoms with Crippen molar-refractivity contribution in [2.75, 3.05) is 6.54 Å². The van der Waals surface area contributed by atoms with Gasteiger partial charge in [-0.1, -0.05) is 23.8 Å². The van der Waals surface area contributed by atoms with Crippen LogP contribution < -0.4 is 11.1 Å². The molecule has 0 spiro atoms. The number of carbonyl (C=O) groups is 1. The molecule has 1 aromatic carbocycles. The van der Waals surface area contributed by atoms with Crippen LogP contribution in [-0.4, -0.2) is 12.5 Å². The van der Waals surface area contributed by atoms with Crippen molar-refractivity contribution in [1.82, 2.24) is 5.32 Å². The molecule has 1 aliphatic carbocycles. The summed E-state index contributed by atoms with van der Waals surface area (Å²) in [5.74, 6) is 0.991. The highest BCUT2D eigenvalue weighted by Gasteiger charge is 2.26. The zero-order valence-corrected chi connectivity index (χ0v) is 13.5. The standard InChI is InChI=1S/C18H28N2O/c1-12-4-9-17(13(2)10-12)14(3)20-18(21)16-7-5-15(11-19)6-8-16/h4,9-10,14-16H,5-8,11,19H2,1-3H3,(H,20,21). The van der Waals surface area contributed by atoms with E-state index in [1.807, 2.05) is 0 Å². The third-order valence-corrected chi connectivity index (χ3v) is 4.80. The Morgan fingerprint density at radius 3 is 2.52 bits per heavy atom. The molecule has 3 N–H and O–H groups in total. The maximum atomic E-state index is 12.4. The van der Waals surface area contributed by atoms with Gasteiger partial charge in [-0.25, -0.2) is 0 Å². The molecule has 1 atom stereocenters. The average Bonchev–Trinajstić information content (AvgIpc) is 2.47. The third-order valence-electron chi connectivity index (χ3n) is 4.80. The van der Waals surface area contributed by atoms with Crippen LogP contribution in [0.3, 0.4) is 0 Å². The molecule has 1 fully saturated rings. The van der Waals surface area contributed by atoms with Crippen molar-refractivity contribution in [3.63, 3.8) is 0 Å².